The predicted molar refractivity (Wildman–Crippen MR) is 103 cm³/mol. The first kappa shape index (κ1) is 19.3. The first-order valence-corrected chi connectivity index (χ1v) is 8.82. The van der Waals surface area contributed by atoms with Gasteiger partial charge < -0.3 is 14.6 Å². The molecule has 146 valence electrons. The lowest BCUT2D eigenvalue weighted by Gasteiger charge is -2.18. The second kappa shape index (κ2) is 8.08. The number of hydrogen-bond donors (Lipinski definition) is 1. The molecule has 1 aromatic heterocycles. The smallest absolute Gasteiger partial charge is 0.328 e. The van der Waals surface area contributed by atoms with Crippen molar-refractivity contribution in [1.82, 2.24) is 14.5 Å². The number of fused-ring (bicyclic) bond motifs is 1. The lowest BCUT2D eigenvalue weighted by Crippen LogP contribution is -2.34. The van der Waals surface area contributed by atoms with Crippen molar-refractivity contribution in [1.29, 1.82) is 0 Å². The van der Waals surface area contributed by atoms with Gasteiger partial charge in [0.2, 0.25) is 0 Å². The highest BCUT2D eigenvalue weighted by Crippen LogP contribution is 2.15. The van der Waals surface area contributed by atoms with E-state index in [1.165, 1.54) is 29.2 Å². The van der Waals surface area contributed by atoms with Crippen LogP contribution in [-0.4, -0.2) is 40.6 Å². The number of aromatic nitrogens is 2. The van der Waals surface area contributed by atoms with Crippen LogP contribution >= 0.6 is 0 Å². The summed E-state index contributed by atoms with van der Waals surface area (Å²) in [6.45, 7) is 2.32. The fourth-order valence-corrected chi connectivity index (χ4v) is 2.85. The van der Waals surface area contributed by atoms with Crippen LogP contribution in [0.4, 0.5) is 4.39 Å². The average molecular weight is 385 g/mol. The molecule has 1 heterocycles. The number of rotatable bonds is 6. The van der Waals surface area contributed by atoms with Gasteiger partial charge >= 0.3 is 5.69 Å². The highest BCUT2D eigenvalue weighted by Gasteiger charge is 2.14. The predicted octanol–water partition coefficient (Wildman–Crippen LogP) is 2.00. The third-order valence-electron chi connectivity index (χ3n) is 4.41. The lowest BCUT2D eigenvalue weighted by molar-refractivity contribution is 0.0773. The number of nitrogens with zero attached hydrogens (tertiary/aromatic N) is 2. The molecular weight excluding hydrogens is 365 g/mol. The van der Waals surface area contributed by atoms with Crippen LogP contribution < -0.4 is 16.0 Å². The molecule has 0 saturated carbocycles. The van der Waals surface area contributed by atoms with Gasteiger partial charge in [-0.15, -0.1) is 0 Å². The fraction of sp³-hybridized carbons (Fsp3) is 0.250. The van der Waals surface area contributed by atoms with E-state index in [1.807, 2.05) is 0 Å². The highest BCUT2D eigenvalue weighted by atomic mass is 19.1. The van der Waals surface area contributed by atoms with Gasteiger partial charge in [0.1, 0.15) is 6.61 Å². The van der Waals surface area contributed by atoms with E-state index < -0.39 is 17.1 Å². The van der Waals surface area contributed by atoms with Crippen molar-refractivity contribution in [2.24, 2.45) is 0 Å². The van der Waals surface area contributed by atoms with Gasteiger partial charge in [-0.3, -0.25) is 14.2 Å². The topological polar surface area (TPSA) is 84.4 Å². The van der Waals surface area contributed by atoms with Crippen molar-refractivity contribution in [3.8, 4) is 5.75 Å². The van der Waals surface area contributed by atoms with E-state index in [2.05, 4.69) is 4.98 Å². The molecular formula is C20H20FN3O4. The Morgan fingerprint density at radius 1 is 1.21 bits per heavy atom. The van der Waals surface area contributed by atoms with Crippen LogP contribution in [0.25, 0.3) is 10.9 Å². The van der Waals surface area contributed by atoms with Crippen molar-refractivity contribution in [3.63, 3.8) is 0 Å². The monoisotopic (exact) mass is 385 g/mol. The summed E-state index contributed by atoms with van der Waals surface area (Å²) in [6.07, 6.45) is 0. The summed E-state index contributed by atoms with van der Waals surface area (Å²) in [4.78, 5) is 40.9. The Balaban J connectivity index is 1.74. The van der Waals surface area contributed by atoms with Gasteiger partial charge in [-0.1, -0.05) is 12.1 Å². The quantitative estimate of drug-likeness (QED) is 0.703. The molecule has 0 spiro atoms. The number of carbonyl (C=O) groups is 1. The van der Waals surface area contributed by atoms with E-state index in [0.29, 0.717) is 16.5 Å². The molecule has 0 radical (unpaired) electrons. The summed E-state index contributed by atoms with van der Waals surface area (Å²) in [6, 6.07) is 10.6. The van der Waals surface area contributed by atoms with Crippen LogP contribution in [0.2, 0.25) is 0 Å². The molecule has 0 unspecified atom stereocenters. The maximum Gasteiger partial charge on any atom is 0.328 e. The Bertz CT molecular complexity index is 1140. The first-order valence-electron chi connectivity index (χ1n) is 8.82. The van der Waals surface area contributed by atoms with Crippen LogP contribution in [0.3, 0.4) is 0 Å². The average Bonchev–Trinajstić information content (AvgIpc) is 2.68. The Morgan fingerprint density at radius 2 is 1.96 bits per heavy atom. The second-order valence-corrected chi connectivity index (χ2v) is 6.25. The summed E-state index contributed by atoms with van der Waals surface area (Å²) >= 11 is 0. The minimum Gasteiger partial charge on any atom is -0.489 e. The van der Waals surface area contributed by atoms with Crippen LogP contribution in [0.15, 0.2) is 52.1 Å². The van der Waals surface area contributed by atoms with E-state index in [1.54, 1.807) is 32.2 Å². The molecule has 0 atom stereocenters. The number of ether oxygens (including phenoxy) is 1. The molecule has 1 amide bonds. The number of carbonyl (C=O) groups excluding carboxylic acids is 1. The molecule has 7 nitrogen and oxygen atoms in total. The Kier molecular flexibility index (Phi) is 5.58. The number of halogens is 1. The molecule has 1 N–H and O–H groups in total. The summed E-state index contributed by atoms with van der Waals surface area (Å²) < 4.78 is 20.0. The number of nitrogens with one attached hydrogen (secondary N) is 1. The van der Waals surface area contributed by atoms with Crippen LogP contribution in [-0.2, 0) is 6.54 Å². The molecule has 0 aliphatic heterocycles. The van der Waals surface area contributed by atoms with Crippen LogP contribution in [0, 0.1) is 5.82 Å². The van der Waals surface area contributed by atoms with E-state index in [0.717, 1.165) is 4.57 Å². The summed E-state index contributed by atoms with van der Waals surface area (Å²) in [5, 5.41) is 0.337. The molecule has 0 aliphatic carbocycles. The summed E-state index contributed by atoms with van der Waals surface area (Å²) in [7, 11) is 1.59. The molecule has 3 aromatic rings. The van der Waals surface area contributed by atoms with Crippen molar-refractivity contribution in [2.75, 3.05) is 20.2 Å². The molecule has 0 fully saturated rings. The number of amides is 1. The van der Waals surface area contributed by atoms with Crippen LogP contribution in [0.1, 0.15) is 17.3 Å². The van der Waals surface area contributed by atoms with Crippen LogP contribution in [0.5, 0.6) is 5.75 Å². The molecule has 28 heavy (non-hydrogen) atoms. The van der Waals surface area contributed by atoms with E-state index in [-0.39, 0.29) is 31.4 Å². The zero-order chi connectivity index (χ0) is 20.3. The van der Waals surface area contributed by atoms with Crippen molar-refractivity contribution >= 4 is 16.8 Å². The Morgan fingerprint density at radius 3 is 2.68 bits per heavy atom. The number of benzene rings is 2. The third kappa shape index (κ3) is 3.80. The molecule has 2 aromatic carbocycles. The molecule has 8 heteroatoms. The standard InChI is InChI=1S/C20H20FN3O4/c1-3-24-19(26)14-9-8-13(12-16(14)22-20(24)27)18(25)23(2)10-11-28-17-7-5-4-6-15(17)21/h4-9,12H,3,10-11H2,1-2H3,(H,22,27). The summed E-state index contributed by atoms with van der Waals surface area (Å²) in [5.74, 6) is -0.647. The van der Waals surface area contributed by atoms with Gasteiger partial charge in [0.05, 0.1) is 17.4 Å². The number of para-hydroxylation sites is 1. The normalized spacial score (nSPS) is 10.8. The Hall–Kier alpha value is -3.42. The highest BCUT2D eigenvalue weighted by molar-refractivity contribution is 5.97. The fourth-order valence-electron chi connectivity index (χ4n) is 2.85. The van der Waals surface area contributed by atoms with Gasteiger partial charge in [-0.25, -0.2) is 9.18 Å². The van der Waals surface area contributed by atoms with Gasteiger partial charge in [-0.2, -0.15) is 0 Å². The number of aromatic amines is 1. The zero-order valence-corrected chi connectivity index (χ0v) is 15.6. The van der Waals surface area contributed by atoms with Crippen molar-refractivity contribution < 1.29 is 13.9 Å². The molecule has 0 aliphatic rings. The molecule has 3 rings (SSSR count). The minimum atomic E-state index is -0.517. The van der Waals surface area contributed by atoms with Gasteiger partial charge in [0.15, 0.2) is 11.6 Å². The van der Waals surface area contributed by atoms with Crippen molar-refractivity contribution in [2.45, 2.75) is 13.5 Å². The number of H-pyrrole nitrogens is 1. The SMILES string of the molecule is CCn1c(=O)[nH]c2cc(C(=O)N(C)CCOc3ccccc3F)ccc2c1=O. The largest absolute Gasteiger partial charge is 0.489 e. The third-order valence-corrected chi connectivity index (χ3v) is 4.41. The maximum atomic E-state index is 13.5. The first-order chi connectivity index (χ1) is 13.4. The van der Waals surface area contributed by atoms with Gasteiger partial charge in [0.25, 0.3) is 11.5 Å². The summed E-state index contributed by atoms with van der Waals surface area (Å²) in [5.41, 5.74) is -0.283. The van der Waals surface area contributed by atoms with E-state index >= 15 is 0 Å². The molecule has 0 bridgehead atoms. The van der Waals surface area contributed by atoms with Crippen molar-refractivity contribution in [3.05, 3.63) is 74.7 Å². The maximum absolute atomic E-state index is 13.5. The zero-order valence-electron chi connectivity index (χ0n) is 15.6. The minimum absolute atomic E-state index is 0.120. The number of likely N-dealkylation sites (N-methyl/N-ethyl adjacent to an activating group) is 1. The van der Waals surface area contributed by atoms with E-state index in [9.17, 15) is 18.8 Å². The second-order valence-electron chi connectivity index (χ2n) is 6.25. The number of hydrogen-bond acceptors (Lipinski definition) is 4. The van der Waals surface area contributed by atoms with E-state index in [4.69, 9.17) is 4.74 Å². The van der Waals surface area contributed by atoms with Gasteiger partial charge in [-0.05, 0) is 37.3 Å². The lowest BCUT2D eigenvalue weighted by atomic mass is 10.1. The Labute approximate surface area is 160 Å². The van der Waals surface area contributed by atoms with Gasteiger partial charge in [0, 0.05) is 19.2 Å². The molecule has 0 saturated heterocycles.